The number of hydrogen-bond acceptors (Lipinski definition) is 5. The zero-order valence-corrected chi connectivity index (χ0v) is 13.6. The highest BCUT2D eigenvalue weighted by molar-refractivity contribution is 7.73. The molecule has 22 heavy (non-hydrogen) atoms. The van der Waals surface area contributed by atoms with Crippen molar-refractivity contribution in [3.8, 4) is 0 Å². The molecule has 0 radical (unpaired) electrons. The highest BCUT2D eigenvalue weighted by atomic mass is 32.2. The number of ether oxygens (including phenoxy) is 1. The van der Waals surface area contributed by atoms with E-state index in [0.29, 0.717) is 18.9 Å². The molecule has 5 nitrogen and oxygen atoms in total. The Labute approximate surface area is 132 Å². The molecule has 0 saturated carbocycles. The minimum atomic E-state index is -2.49. The average molecular weight is 320 g/mol. The van der Waals surface area contributed by atoms with Crippen LogP contribution < -0.4 is 0 Å². The van der Waals surface area contributed by atoms with Crippen molar-refractivity contribution in [3.05, 3.63) is 59.7 Å². The van der Waals surface area contributed by atoms with E-state index < -0.39 is 22.1 Å². The van der Waals surface area contributed by atoms with Crippen LogP contribution in [0.25, 0.3) is 0 Å². The van der Waals surface area contributed by atoms with Crippen molar-refractivity contribution in [2.45, 2.75) is 38.2 Å². The smallest absolute Gasteiger partial charge is 0.157 e. The van der Waals surface area contributed by atoms with Crippen LogP contribution in [0.2, 0.25) is 0 Å². The lowest BCUT2D eigenvalue weighted by atomic mass is 10.2. The summed E-state index contributed by atoms with van der Waals surface area (Å²) in [4.78, 5) is 8.54. The van der Waals surface area contributed by atoms with Crippen molar-refractivity contribution in [2.75, 3.05) is 0 Å². The van der Waals surface area contributed by atoms with E-state index in [1.165, 1.54) is 0 Å². The van der Waals surface area contributed by atoms with Gasteiger partial charge < -0.3 is 4.74 Å². The molecular formula is C16H20N2O3S. The first-order valence-corrected chi connectivity index (χ1v) is 8.38. The van der Waals surface area contributed by atoms with Crippen LogP contribution in [0.4, 0.5) is 0 Å². The second kappa shape index (κ2) is 8.00. The first kappa shape index (κ1) is 16.6. The van der Waals surface area contributed by atoms with Gasteiger partial charge in [0.25, 0.3) is 0 Å². The van der Waals surface area contributed by atoms with Gasteiger partial charge in [-0.1, -0.05) is 30.3 Å². The summed E-state index contributed by atoms with van der Waals surface area (Å²) in [5.41, 5.74) is 1.98. The molecule has 6 heteroatoms. The number of aryl methyl sites for hydroxylation is 1. The predicted octanol–water partition coefficient (Wildman–Crippen LogP) is 2.43. The lowest BCUT2D eigenvalue weighted by Crippen LogP contribution is -2.16. The number of benzene rings is 1. The monoisotopic (exact) mass is 320 g/mol. The quantitative estimate of drug-likeness (QED) is 0.794. The molecule has 0 saturated heterocycles. The zero-order valence-electron chi connectivity index (χ0n) is 12.7. The Bertz CT molecular complexity index is 649. The molecule has 0 aliphatic heterocycles. The van der Waals surface area contributed by atoms with E-state index in [1.54, 1.807) is 19.3 Å². The van der Waals surface area contributed by atoms with Gasteiger partial charge >= 0.3 is 0 Å². The van der Waals surface area contributed by atoms with Crippen LogP contribution in [-0.2, 0) is 22.0 Å². The highest BCUT2D eigenvalue weighted by Gasteiger charge is 2.20. The molecule has 2 aromatic rings. The second-order valence-electron chi connectivity index (χ2n) is 5.27. The van der Waals surface area contributed by atoms with Crippen LogP contribution in [0.15, 0.2) is 42.7 Å². The first-order valence-electron chi connectivity index (χ1n) is 7.14. The van der Waals surface area contributed by atoms with Crippen molar-refractivity contribution >= 4 is 10.7 Å². The van der Waals surface area contributed by atoms with Crippen molar-refractivity contribution in [3.63, 3.8) is 0 Å². The maximum Gasteiger partial charge on any atom is 0.157 e. The highest BCUT2D eigenvalue weighted by Crippen LogP contribution is 2.22. The van der Waals surface area contributed by atoms with Gasteiger partial charge in [0.15, 0.2) is 5.82 Å². The van der Waals surface area contributed by atoms with E-state index in [1.807, 2.05) is 37.3 Å². The van der Waals surface area contributed by atoms with E-state index >= 15 is 0 Å². The average Bonchev–Trinajstić information content (AvgIpc) is 2.53. The fourth-order valence-electron chi connectivity index (χ4n) is 1.98. The Kier molecular flexibility index (Phi) is 6.03. The summed E-state index contributed by atoms with van der Waals surface area (Å²) < 4.78 is 28.2. The Balaban J connectivity index is 2.12. The molecule has 2 rings (SSSR count). The topological polar surface area (TPSA) is 69.2 Å². The lowest BCUT2D eigenvalue weighted by molar-refractivity contribution is 0.0282. The maximum absolute atomic E-state index is 11.1. The van der Waals surface area contributed by atoms with Crippen LogP contribution in [0.3, 0.4) is 0 Å². The van der Waals surface area contributed by atoms with Gasteiger partial charge in [-0.3, -0.25) is 0 Å². The van der Waals surface area contributed by atoms with Gasteiger partial charge in [0.1, 0.15) is 16.8 Å². The molecule has 0 aliphatic carbocycles. The molecule has 0 N–H and O–H groups in total. The molecule has 2 unspecified atom stereocenters. The molecule has 1 aromatic heterocycles. The Morgan fingerprint density at radius 2 is 1.77 bits per heavy atom. The summed E-state index contributed by atoms with van der Waals surface area (Å²) in [5, 5.41) is -0.485. The molecular weight excluding hydrogens is 300 g/mol. The van der Waals surface area contributed by atoms with Crippen LogP contribution in [0.1, 0.15) is 36.4 Å². The molecule has 2 atom stereocenters. The van der Waals surface area contributed by atoms with Crippen molar-refractivity contribution < 1.29 is 13.2 Å². The van der Waals surface area contributed by atoms with E-state index in [9.17, 15) is 8.42 Å². The minimum absolute atomic E-state index is 0.342. The van der Waals surface area contributed by atoms with Gasteiger partial charge in [-0.2, -0.15) is 0 Å². The molecule has 0 fully saturated rings. The summed E-state index contributed by atoms with van der Waals surface area (Å²) in [7, 11) is -2.49. The summed E-state index contributed by atoms with van der Waals surface area (Å²) in [6, 6.07) is 9.74. The van der Waals surface area contributed by atoms with E-state index in [-0.39, 0.29) is 0 Å². The normalized spacial score (nSPS) is 14.0. The number of aromatic nitrogens is 2. The third-order valence-corrected chi connectivity index (χ3v) is 4.23. The third-order valence-electron chi connectivity index (χ3n) is 3.30. The molecule has 0 aliphatic rings. The Hall–Kier alpha value is -1.79. The van der Waals surface area contributed by atoms with Gasteiger partial charge in [0.05, 0.1) is 11.9 Å². The standard InChI is InChI=1S/C16H20N2O3S/c1-12-9-17-16(18-10-12)15(8-13(2)22(19)20)21-11-14-6-4-3-5-7-14/h3-7,9-10,13,15,22H,8,11H2,1-2H3. The summed E-state index contributed by atoms with van der Waals surface area (Å²) >= 11 is 0. The van der Waals surface area contributed by atoms with Gasteiger partial charge in [0.2, 0.25) is 0 Å². The van der Waals surface area contributed by atoms with Crippen molar-refractivity contribution in [2.24, 2.45) is 0 Å². The van der Waals surface area contributed by atoms with Gasteiger partial charge in [-0.25, -0.2) is 18.4 Å². The van der Waals surface area contributed by atoms with Crippen LogP contribution >= 0.6 is 0 Å². The fourth-order valence-corrected chi connectivity index (χ4v) is 2.35. The van der Waals surface area contributed by atoms with E-state index in [2.05, 4.69) is 9.97 Å². The van der Waals surface area contributed by atoms with Gasteiger partial charge in [-0.05, 0) is 31.4 Å². The molecule has 0 spiro atoms. The molecule has 0 amide bonds. The van der Waals surface area contributed by atoms with Gasteiger partial charge in [0, 0.05) is 12.4 Å². The third kappa shape index (κ3) is 4.89. The summed E-state index contributed by atoms with van der Waals surface area (Å²) in [6.45, 7) is 3.96. The number of thiol groups is 1. The molecule has 1 heterocycles. The van der Waals surface area contributed by atoms with Crippen LogP contribution in [0.5, 0.6) is 0 Å². The SMILES string of the molecule is Cc1cnc(C(CC(C)[SH](=O)=O)OCc2ccccc2)nc1. The first-order chi connectivity index (χ1) is 10.6. The summed E-state index contributed by atoms with van der Waals surface area (Å²) in [5.74, 6) is 0.519. The number of nitrogens with zero attached hydrogens (tertiary/aromatic N) is 2. The molecule has 118 valence electrons. The van der Waals surface area contributed by atoms with E-state index in [4.69, 9.17) is 4.74 Å². The Morgan fingerprint density at radius 3 is 2.36 bits per heavy atom. The van der Waals surface area contributed by atoms with Gasteiger partial charge in [-0.15, -0.1) is 0 Å². The zero-order chi connectivity index (χ0) is 15.9. The second-order valence-corrected chi connectivity index (χ2v) is 6.73. The van der Waals surface area contributed by atoms with E-state index in [0.717, 1.165) is 11.1 Å². The van der Waals surface area contributed by atoms with Crippen LogP contribution in [-0.4, -0.2) is 23.6 Å². The predicted molar refractivity (Wildman–Crippen MR) is 85.1 cm³/mol. The Morgan fingerprint density at radius 1 is 1.14 bits per heavy atom. The molecule has 0 bridgehead atoms. The largest absolute Gasteiger partial charge is 0.365 e. The van der Waals surface area contributed by atoms with Crippen molar-refractivity contribution in [1.29, 1.82) is 0 Å². The number of rotatable bonds is 7. The fraction of sp³-hybridized carbons (Fsp3) is 0.375. The minimum Gasteiger partial charge on any atom is -0.365 e. The molecule has 1 aromatic carbocycles. The van der Waals surface area contributed by atoms with Crippen LogP contribution in [0, 0.1) is 6.92 Å². The maximum atomic E-state index is 11.1. The summed E-state index contributed by atoms with van der Waals surface area (Å²) in [6.07, 6.45) is 3.32. The number of hydrogen-bond donors (Lipinski definition) is 1. The lowest BCUT2D eigenvalue weighted by Gasteiger charge is -2.18. The van der Waals surface area contributed by atoms with Crippen molar-refractivity contribution in [1.82, 2.24) is 9.97 Å².